The van der Waals surface area contributed by atoms with E-state index in [1.54, 1.807) is 7.11 Å². The zero-order valence-corrected chi connectivity index (χ0v) is 18.0. The second kappa shape index (κ2) is 9.64. The topological polar surface area (TPSA) is 82.4 Å². The van der Waals surface area contributed by atoms with Crippen molar-refractivity contribution in [3.8, 4) is 0 Å². The van der Waals surface area contributed by atoms with E-state index in [-0.39, 0.29) is 5.91 Å². The molecule has 2 heterocycles. The van der Waals surface area contributed by atoms with Gasteiger partial charge in [-0.25, -0.2) is 4.79 Å². The minimum Gasteiger partial charge on any atom is -0.475 e. The van der Waals surface area contributed by atoms with Gasteiger partial charge in [-0.1, -0.05) is 20.8 Å². The fraction of sp³-hybridized carbons (Fsp3) is 0.850. The molecule has 0 bridgehead atoms. The molecule has 3 aliphatic rings. The zero-order valence-electron chi connectivity index (χ0n) is 18.0. The molecular formula is C20H32F3N3O4. The number of hydrogen-bond donors (Lipinski definition) is 1. The van der Waals surface area contributed by atoms with Crippen LogP contribution in [-0.2, 0) is 14.3 Å². The van der Waals surface area contributed by atoms with E-state index in [0.29, 0.717) is 30.9 Å². The van der Waals surface area contributed by atoms with Crippen LogP contribution in [0, 0.1) is 17.8 Å². The number of carboxylic acids is 1. The molecule has 0 aromatic rings. The van der Waals surface area contributed by atoms with Crippen molar-refractivity contribution in [2.45, 2.75) is 51.7 Å². The summed E-state index contributed by atoms with van der Waals surface area (Å²) in [6.07, 6.45) is -2.18. The monoisotopic (exact) mass is 435 g/mol. The SMILES string of the molecule is CCC1=N[C@@]2(CC[C@@H]3CN(CC(C)C)C[C@@H]32)C(=O)N1CCOC.O=C(O)C(F)(F)F. The first-order chi connectivity index (χ1) is 14.0. The van der Waals surface area contributed by atoms with Crippen molar-refractivity contribution in [1.29, 1.82) is 0 Å². The van der Waals surface area contributed by atoms with Gasteiger partial charge in [-0.15, -0.1) is 0 Å². The molecule has 172 valence electrons. The summed E-state index contributed by atoms with van der Waals surface area (Å²) in [5, 5.41) is 7.12. The number of amides is 1. The summed E-state index contributed by atoms with van der Waals surface area (Å²) in [6.45, 7) is 11.2. The highest BCUT2D eigenvalue weighted by Gasteiger charge is 2.60. The van der Waals surface area contributed by atoms with Crippen LogP contribution in [0.1, 0.15) is 40.0 Å². The number of carboxylic acid groups (broad SMARTS) is 1. The van der Waals surface area contributed by atoms with E-state index in [1.807, 2.05) is 4.90 Å². The van der Waals surface area contributed by atoms with E-state index >= 15 is 0 Å². The highest BCUT2D eigenvalue weighted by molar-refractivity contribution is 6.08. The molecule has 0 unspecified atom stereocenters. The van der Waals surface area contributed by atoms with Gasteiger partial charge in [0.25, 0.3) is 5.91 Å². The fourth-order valence-electron chi connectivity index (χ4n) is 4.83. The van der Waals surface area contributed by atoms with Crippen LogP contribution in [0.4, 0.5) is 13.2 Å². The molecule has 1 N–H and O–H groups in total. The Kier molecular flexibility index (Phi) is 7.90. The van der Waals surface area contributed by atoms with E-state index in [4.69, 9.17) is 19.6 Å². The lowest BCUT2D eigenvalue weighted by Gasteiger charge is -2.28. The Morgan fingerprint density at radius 1 is 1.37 bits per heavy atom. The van der Waals surface area contributed by atoms with Gasteiger partial charge in [0.15, 0.2) is 0 Å². The Morgan fingerprint density at radius 2 is 2.00 bits per heavy atom. The highest BCUT2D eigenvalue weighted by Crippen LogP contribution is 2.50. The van der Waals surface area contributed by atoms with E-state index in [9.17, 15) is 18.0 Å². The fourth-order valence-corrected chi connectivity index (χ4v) is 4.83. The van der Waals surface area contributed by atoms with Crippen LogP contribution in [0.3, 0.4) is 0 Å². The third-order valence-electron chi connectivity index (χ3n) is 5.98. The minimum absolute atomic E-state index is 0.241. The summed E-state index contributed by atoms with van der Waals surface area (Å²) in [5.74, 6) is 0.176. The Balaban J connectivity index is 0.000000396. The van der Waals surface area contributed by atoms with Crippen LogP contribution < -0.4 is 0 Å². The smallest absolute Gasteiger partial charge is 0.475 e. The van der Waals surface area contributed by atoms with Gasteiger partial charge < -0.3 is 14.7 Å². The van der Waals surface area contributed by atoms with Crippen molar-refractivity contribution in [1.82, 2.24) is 9.80 Å². The molecule has 2 aliphatic heterocycles. The van der Waals surface area contributed by atoms with Gasteiger partial charge in [0, 0.05) is 39.1 Å². The number of carbonyl (C=O) groups excluding carboxylic acids is 1. The zero-order chi connectivity index (χ0) is 22.7. The van der Waals surface area contributed by atoms with Crippen LogP contribution >= 0.6 is 0 Å². The number of halogens is 3. The van der Waals surface area contributed by atoms with Gasteiger partial charge >= 0.3 is 12.1 Å². The Hall–Kier alpha value is -1.68. The molecule has 0 radical (unpaired) electrons. The number of alkyl halides is 3. The predicted molar refractivity (Wildman–Crippen MR) is 105 cm³/mol. The summed E-state index contributed by atoms with van der Waals surface area (Å²) in [5.41, 5.74) is -0.463. The Morgan fingerprint density at radius 3 is 2.50 bits per heavy atom. The molecule has 30 heavy (non-hydrogen) atoms. The normalized spacial score (nSPS) is 28.7. The molecule has 10 heteroatoms. The molecule has 3 rings (SSSR count). The molecule has 0 aromatic carbocycles. The highest BCUT2D eigenvalue weighted by atomic mass is 19.4. The first-order valence-corrected chi connectivity index (χ1v) is 10.4. The number of nitrogens with zero attached hydrogens (tertiary/aromatic N) is 3. The second-order valence-electron chi connectivity index (χ2n) is 8.58. The lowest BCUT2D eigenvalue weighted by molar-refractivity contribution is -0.192. The van der Waals surface area contributed by atoms with Crippen LogP contribution in [0.2, 0.25) is 0 Å². The number of methoxy groups -OCH3 is 1. The van der Waals surface area contributed by atoms with Gasteiger partial charge in [0.2, 0.25) is 0 Å². The standard InChI is InChI=1S/C18H31N3O2.C2HF3O2/c1-5-16-19-18(17(22)21(16)8-9-23-4)7-6-14-11-20(10-13(2)3)12-15(14)18;3-2(4,5)1(6)7/h13-15H,5-12H2,1-4H3;(H,6,7)/t14-,15+,18-;/m1./s1. The predicted octanol–water partition coefficient (Wildman–Crippen LogP) is 2.65. The van der Waals surface area contributed by atoms with Gasteiger partial charge in [0.1, 0.15) is 11.4 Å². The molecule has 2 fully saturated rings. The number of aliphatic carboxylic acids is 1. The number of likely N-dealkylation sites (tertiary alicyclic amines) is 1. The van der Waals surface area contributed by atoms with Crippen LogP contribution in [0.5, 0.6) is 0 Å². The van der Waals surface area contributed by atoms with Gasteiger partial charge in [-0.05, 0) is 24.7 Å². The number of carbonyl (C=O) groups is 2. The number of ether oxygens (including phenoxy) is 1. The number of hydrogen-bond acceptors (Lipinski definition) is 5. The van der Waals surface area contributed by atoms with Crippen molar-refractivity contribution in [2.24, 2.45) is 22.7 Å². The van der Waals surface area contributed by atoms with E-state index in [0.717, 1.165) is 44.7 Å². The van der Waals surface area contributed by atoms with E-state index in [1.165, 1.54) is 0 Å². The third-order valence-corrected chi connectivity index (χ3v) is 5.98. The molecule has 1 spiro atoms. The average Bonchev–Trinajstić information content (AvgIpc) is 3.27. The first kappa shape index (κ1) is 24.6. The maximum atomic E-state index is 13.2. The van der Waals surface area contributed by atoms with Crippen LogP contribution in [0.25, 0.3) is 0 Å². The summed E-state index contributed by atoms with van der Waals surface area (Å²) in [4.78, 5) is 31.6. The number of fused-ring (bicyclic) bond motifs is 2. The van der Waals surface area contributed by atoms with Gasteiger partial charge in [-0.2, -0.15) is 13.2 Å². The second-order valence-corrected chi connectivity index (χ2v) is 8.58. The quantitative estimate of drug-likeness (QED) is 0.694. The Labute approximate surface area is 175 Å². The van der Waals surface area contributed by atoms with E-state index in [2.05, 4.69) is 25.7 Å². The van der Waals surface area contributed by atoms with Crippen molar-refractivity contribution >= 4 is 17.7 Å². The molecule has 0 aromatic heterocycles. The maximum absolute atomic E-state index is 13.2. The summed E-state index contributed by atoms with van der Waals surface area (Å²) >= 11 is 0. The van der Waals surface area contributed by atoms with Crippen molar-refractivity contribution in [2.75, 3.05) is 39.9 Å². The largest absolute Gasteiger partial charge is 0.490 e. The molecule has 1 aliphatic carbocycles. The molecule has 1 amide bonds. The first-order valence-electron chi connectivity index (χ1n) is 10.4. The van der Waals surface area contributed by atoms with Crippen molar-refractivity contribution in [3.63, 3.8) is 0 Å². The van der Waals surface area contributed by atoms with Crippen molar-refractivity contribution < 1.29 is 32.6 Å². The summed E-state index contributed by atoms with van der Waals surface area (Å²) in [7, 11) is 1.69. The summed E-state index contributed by atoms with van der Waals surface area (Å²) in [6, 6.07) is 0. The van der Waals surface area contributed by atoms with E-state index < -0.39 is 17.7 Å². The lowest BCUT2D eigenvalue weighted by Crippen LogP contribution is -2.47. The average molecular weight is 435 g/mol. The minimum atomic E-state index is -5.08. The molecule has 1 saturated carbocycles. The van der Waals surface area contributed by atoms with Gasteiger partial charge in [0.05, 0.1) is 13.2 Å². The van der Waals surface area contributed by atoms with Crippen molar-refractivity contribution in [3.05, 3.63) is 0 Å². The number of amidine groups is 1. The van der Waals surface area contributed by atoms with Crippen LogP contribution in [0.15, 0.2) is 4.99 Å². The Bertz CT molecular complexity index is 668. The number of rotatable bonds is 6. The van der Waals surface area contributed by atoms with Gasteiger partial charge in [-0.3, -0.25) is 14.7 Å². The molecule has 3 atom stereocenters. The van der Waals surface area contributed by atoms with Crippen LogP contribution in [-0.4, -0.2) is 84.2 Å². The summed E-state index contributed by atoms with van der Waals surface area (Å²) < 4.78 is 36.9. The molecular weight excluding hydrogens is 403 g/mol. The molecule has 1 saturated heterocycles. The maximum Gasteiger partial charge on any atom is 0.490 e. The third kappa shape index (κ3) is 5.14. The number of aliphatic imine (C=N–C) groups is 1. The molecule has 7 nitrogen and oxygen atoms in total. The lowest BCUT2D eigenvalue weighted by atomic mass is 9.85.